The molecule has 3 rings (SSSR count). The number of aliphatic hydroxyl groups excluding tert-OH is 1. The van der Waals surface area contributed by atoms with Crippen LogP contribution in [0.25, 0.3) is 0 Å². The number of nitrogens with two attached hydrogens (primary N) is 2. The molecule has 0 heterocycles. The van der Waals surface area contributed by atoms with Crippen molar-refractivity contribution in [3.05, 3.63) is 65.7 Å². The average Bonchev–Trinajstić information content (AvgIpc) is 2.77. The van der Waals surface area contributed by atoms with Crippen molar-refractivity contribution in [3.8, 4) is 0 Å². The SMILES string of the molecule is Cc1ccccc1N=Nc1c(N)c(N=Nc2cccc(CCCO)c2)cc(S(=O)(=O)O)c1N. The van der Waals surface area contributed by atoms with Crippen molar-refractivity contribution >= 4 is 44.2 Å². The highest BCUT2D eigenvalue weighted by atomic mass is 32.2. The Morgan fingerprint density at radius 2 is 1.61 bits per heavy atom. The van der Waals surface area contributed by atoms with E-state index in [1.807, 2.05) is 25.1 Å². The molecule has 172 valence electrons. The van der Waals surface area contributed by atoms with Crippen LogP contribution < -0.4 is 11.5 Å². The summed E-state index contributed by atoms with van der Waals surface area (Å²) in [5.41, 5.74) is 14.4. The molecule has 0 aromatic heterocycles. The van der Waals surface area contributed by atoms with E-state index in [-0.39, 0.29) is 29.4 Å². The van der Waals surface area contributed by atoms with Gasteiger partial charge in [0.05, 0.1) is 22.7 Å². The number of hydrogen-bond donors (Lipinski definition) is 4. The molecule has 6 N–H and O–H groups in total. The first-order valence-corrected chi connectivity index (χ1v) is 11.4. The molecule has 11 heteroatoms. The summed E-state index contributed by atoms with van der Waals surface area (Å²) in [6, 6.07) is 15.4. The topological polar surface area (TPSA) is 176 Å². The standard InChI is InChI=1S/C22H24N6O4S/c1-14-6-2-3-10-17(14)26-28-22-20(23)18(13-19(21(22)24)33(30,31)32)27-25-16-9-4-7-15(12-16)8-5-11-29/h2-4,6-7,9-10,12-13,29H,5,8,11,23-24H2,1H3,(H,30,31,32). The van der Waals surface area contributed by atoms with Crippen LogP contribution in [-0.2, 0) is 16.5 Å². The van der Waals surface area contributed by atoms with Crippen molar-refractivity contribution in [2.45, 2.75) is 24.7 Å². The Morgan fingerprint density at radius 3 is 2.30 bits per heavy atom. The summed E-state index contributed by atoms with van der Waals surface area (Å²) in [4.78, 5) is -0.596. The minimum absolute atomic E-state index is 0.0441. The first kappa shape index (κ1) is 24.0. The molecule has 0 fully saturated rings. The second-order valence-corrected chi connectivity index (χ2v) is 8.62. The largest absolute Gasteiger partial charge is 0.396 e. The summed E-state index contributed by atoms with van der Waals surface area (Å²) in [5, 5.41) is 25.4. The summed E-state index contributed by atoms with van der Waals surface area (Å²) < 4.78 is 33.4. The maximum absolute atomic E-state index is 11.9. The van der Waals surface area contributed by atoms with Gasteiger partial charge in [0.15, 0.2) is 0 Å². The quantitative estimate of drug-likeness (QED) is 0.201. The monoisotopic (exact) mass is 468 g/mol. The van der Waals surface area contributed by atoms with Gasteiger partial charge < -0.3 is 16.6 Å². The molecule has 3 aromatic rings. The smallest absolute Gasteiger partial charge is 0.296 e. The minimum atomic E-state index is -4.69. The van der Waals surface area contributed by atoms with Crippen molar-refractivity contribution in [2.75, 3.05) is 18.1 Å². The molecule has 0 radical (unpaired) electrons. The Bertz CT molecular complexity index is 1320. The summed E-state index contributed by atoms with van der Waals surface area (Å²) in [6.07, 6.45) is 1.28. The third-order valence-corrected chi connectivity index (χ3v) is 5.67. The van der Waals surface area contributed by atoms with Gasteiger partial charge in [-0.2, -0.15) is 18.6 Å². The molecule has 0 spiro atoms. The normalized spacial score (nSPS) is 12.1. The van der Waals surface area contributed by atoms with Crippen LogP contribution in [0.15, 0.2) is 79.9 Å². The lowest BCUT2D eigenvalue weighted by molar-refractivity contribution is 0.288. The third-order valence-electron chi connectivity index (χ3n) is 4.78. The number of benzene rings is 3. The van der Waals surface area contributed by atoms with Crippen LogP contribution in [-0.4, -0.2) is 24.7 Å². The van der Waals surface area contributed by atoms with Gasteiger partial charge in [-0.3, -0.25) is 4.55 Å². The van der Waals surface area contributed by atoms with E-state index in [1.165, 1.54) is 0 Å². The van der Waals surface area contributed by atoms with Crippen LogP contribution in [0.3, 0.4) is 0 Å². The zero-order valence-corrected chi connectivity index (χ0v) is 18.7. The van der Waals surface area contributed by atoms with Gasteiger partial charge in [0, 0.05) is 6.61 Å². The van der Waals surface area contributed by atoms with Crippen molar-refractivity contribution in [3.63, 3.8) is 0 Å². The highest BCUT2D eigenvalue weighted by Crippen LogP contribution is 2.43. The van der Waals surface area contributed by atoms with E-state index in [0.717, 1.165) is 17.2 Å². The Balaban J connectivity index is 2.06. The van der Waals surface area contributed by atoms with Crippen molar-refractivity contribution in [1.29, 1.82) is 0 Å². The van der Waals surface area contributed by atoms with Gasteiger partial charge in [-0.25, -0.2) is 0 Å². The van der Waals surface area contributed by atoms with E-state index in [0.29, 0.717) is 24.2 Å². The van der Waals surface area contributed by atoms with E-state index in [1.54, 1.807) is 30.3 Å². The Hall–Kier alpha value is -3.67. The first-order chi connectivity index (χ1) is 15.7. The van der Waals surface area contributed by atoms with Crippen LogP contribution in [0.5, 0.6) is 0 Å². The summed E-state index contributed by atoms with van der Waals surface area (Å²) >= 11 is 0. The van der Waals surface area contributed by atoms with Gasteiger partial charge in [0.25, 0.3) is 10.1 Å². The predicted octanol–water partition coefficient (Wildman–Crippen LogP) is 5.16. The number of rotatable bonds is 8. The van der Waals surface area contributed by atoms with Crippen LogP contribution in [0.1, 0.15) is 17.5 Å². The molecule has 0 aliphatic heterocycles. The molecule has 33 heavy (non-hydrogen) atoms. The van der Waals surface area contributed by atoms with E-state index >= 15 is 0 Å². The van der Waals surface area contributed by atoms with Crippen LogP contribution >= 0.6 is 0 Å². The van der Waals surface area contributed by atoms with E-state index in [9.17, 15) is 13.0 Å². The summed E-state index contributed by atoms with van der Waals surface area (Å²) in [6.45, 7) is 1.91. The maximum atomic E-state index is 11.9. The zero-order valence-electron chi connectivity index (χ0n) is 17.9. The first-order valence-electron chi connectivity index (χ1n) is 9.99. The molecule has 0 bridgehead atoms. The molecule has 3 aromatic carbocycles. The fraction of sp³-hybridized carbons (Fsp3) is 0.182. The van der Waals surface area contributed by atoms with Crippen molar-refractivity contribution in [2.24, 2.45) is 20.5 Å². The Morgan fingerprint density at radius 1 is 0.879 bits per heavy atom. The Labute approximate surface area is 191 Å². The maximum Gasteiger partial charge on any atom is 0.296 e. The molecule has 0 atom stereocenters. The predicted molar refractivity (Wildman–Crippen MR) is 126 cm³/mol. The fourth-order valence-electron chi connectivity index (χ4n) is 3.02. The average molecular weight is 469 g/mol. The summed E-state index contributed by atoms with van der Waals surface area (Å²) in [5.74, 6) is 0. The second-order valence-electron chi connectivity index (χ2n) is 7.23. The molecule has 0 aliphatic rings. The number of nitrogen functional groups attached to an aromatic ring is 2. The highest BCUT2D eigenvalue weighted by molar-refractivity contribution is 7.86. The number of anilines is 2. The van der Waals surface area contributed by atoms with E-state index in [4.69, 9.17) is 16.6 Å². The van der Waals surface area contributed by atoms with Gasteiger partial charge in [-0.1, -0.05) is 30.3 Å². The van der Waals surface area contributed by atoms with Gasteiger partial charge in [-0.05, 0) is 55.2 Å². The molecular weight excluding hydrogens is 444 g/mol. The zero-order chi connectivity index (χ0) is 24.0. The molecule has 10 nitrogen and oxygen atoms in total. The lowest BCUT2D eigenvalue weighted by Crippen LogP contribution is -2.05. The lowest BCUT2D eigenvalue weighted by atomic mass is 10.1. The van der Waals surface area contributed by atoms with Gasteiger partial charge in [-0.15, -0.1) is 10.2 Å². The van der Waals surface area contributed by atoms with Crippen LogP contribution in [0.2, 0.25) is 0 Å². The van der Waals surface area contributed by atoms with E-state index in [2.05, 4.69) is 20.5 Å². The number of azo groups is 2. The van der Waals surface area contributed by atoms with Crippen LogP contribution in [0.4, 0.5) is 34.1 Å². The molecular formula is C22H24N6O4S. The van der Waals surface area contributed by atoms with Crippen molar-refractivity contribution in [1.82, 2.24) is 0 Å². The van der Waals surface area contributed by atoms with Crippen molar-refractivity contribution < 1.29 is 18.1 Å². The number of nitrogens with zero attached hydrogens (tertiary/aromatic N) is 4. The highest BCUT2D eigenvalue weighted by Gasteiger charge is 2.22. The molecule has 0 saturated carbocycles. The molecule has 0 amide bonds. The van der Waals surface area contributed by atoms with Gasteiger partial charge in [0.1, 0.15) is 16.3 Å². The lowest BCUT2D eigenvalue weighted by Gasteiger charge is -2.10. The second kappa shape index (κ2) is 10.3. The van der Waals surface area contributed by atoms with E-state index < -0.39 is 15.0 Å². The Kier molecular flexibility index (Phi) is 7.48. The molecule has 0 unspecified atom stereocenters. The number of aliphatic hydroxyl groups is 1. The fourth-order valence-corrected chi connectivity index (χ4v) is 3.65. The van der Waals surface area contributed by atoms with Gasteiger partial charge in [0.2, 0.25) is 0 Å². The minimum Gasteiger partial charge on any atom is -0.396 e. The van der Waals surface area contributed by atoms with Crippen LogP contribution in [0, 0.1) is 6.92 Å². The number of hydrogen-bond acceptors (Lipinski definition) is 9. The third kappa shape index (κ3) is 5.98. The molecule has 0 saturated heterocycles. The summed E-state index contributed by atoms with van der Waals surface area (Å²) in [7, 11) is -4.69. The number of aryl methyl sites for hydroxylation is 2. The van der Waals surface area contributed by atoms with Gasteiger partial charge >= 0.3 is 0 Å². The molecule has 0 aliphatic carbocycles.